The third-order valence-corrected chi connectivity index (χ3v) is 2.35. The van der Waals surface area contributed by atoms with Crippen LogP contribution in [0.5, 0.6) is 0 Å². The van der Waals surface area contributed by atoms with Gasteiger partial charge < -0.3 is 4.74 Å². The summed E-state index contributed by atoms with van der Waals surface area (Å²) in [5.74, 6) is 1.34. The number of carbonyl (C=O) groups is 1. The van der Waals surface area contributed by atoms with Gasteiger partial charge in [0.25, 0.3) is 0 Å². The van der Waals surface area contributed by atoms with E-state index in [1.807, 2.05) is 5.94 Å². The average molecular weight is 152 g/mol. The Balaban J connectivity index is 2.32. The van der Waals surface area contributed by atoms with E-state index in [-0.39, 0.29) is 18.0 Å². The van der Waals surface area contributed by atoms with Crippen molar-refractivity contribution in [2.75, 3.05) is 0 Å². The van der Waals surface area contributed by atoms with Crippen LogP contribution < -0.4 is 0 Å². The molecule has 0 N–H and O–H groups in total. The van der Waals surface area contributed by atoms with Crippen molar-refractivity contribution in [3.8, 4) is 0 Å². The third-order valence-electron chi connectivity index (χ3n) is 2.35. The molecule has 1 heterocycles. The van der Waals surface area contributed by atoms with E-state index in [0.717, 1.165) is 6.42 Å². The number of fused-ring (bicyclic) bond motifs is 2. The van der Waals surface area contributed by atoms with Gasteiger partial charge in [0.1, 0.15) is 12.0 Å². The zero-order chi connectivity index (χ0) is 7.84. The fourth-order valence-electron chi connectivity index (χ4n) is 1.73. The Labute approximate surface area is 64.0 Å². The molecule has 3 heteroatoms. The van der Waals surface area contributed by atoms with Crippen LogP contribution in [0.15, 0.2) is 5.57 Å². The lowest BCUT2D eigenvalue weighted by Crippen LogP contribution is -2.14. The summed E-state index contributed by atoms with van der Waals surface area (Å²) in [7, 11) is 0. The van der Waals surface area contributed by atoms with Crippen molar-refractivity contribution >= 4 is 11.9 Å². The summed E-state index contributed by atoms with van der Waals surface area (Å²) in [4.78, 5) is 21.3. The molecule has 0 amide bonds. The number of hydrogen-bond donors (Lipinski definition) is 0. The Morgan fingerprint density at radius 1 is 1.55 bits per heavy atom. The molecular weight excluding hydrogens is 144 g/mol. The molecule has 2 unspecified atom stereocenters. The van der Waals surface area contributed by atoms with Crippen LogP contribution >= 0.6 is 0 Å². The first kappa shape index (κ1) is 6.62. The summed E-state index contributed by atoms with van der Waals surface area (Å²) in [5.41, 5.74) is 0.601. The molecule has 3 nitrogen and oxygen atoms in total. The fraction of sp³-hybridized carbons (Fsp3) is 0.625. The molecule has 1 aliphatic carbocycles. The van der Waals surface area contributed by atoms with Gasteiger partial charge in [-0.15, -0.1) is 0 Å². The van der Waals surface area contributed by atoms with Crippen molar-refractivity contribution < 1.29 is 14.3 Å². The van der Waals surface area contributed by atoms with Crippen LogP contribution in [0.3, 0.4) is 0 Å². The van der Waals surface area contributed by atoms with Crippen LogP contribution in [0, 0.1) is 5.92 Å². The summed E-state index contributed by atoms with van der Waals surface area (Å²) in [6.07, 6.45) is 2.26. The Morgan fingerprint density at radius 2 is 2.36 bits per heavy atom. The van der Waals surface area contributed by atoms with E-state index in [0.29, 0.717) is 18.4 Å². The van der Waals surface area contributed by atoms with Crippen molar-refractivity contribution in [1.82, 2.24) is 0 Å². The highest BCUT2D eigenvalue weighted by molar-refractivity contribution is 5.81. The second kappa shape index (κ2) is 2.21. The summed E-state index contributed by atoms with van der Waals surface area (Å²) >= 11 is 0. The highest BCUT2D eigenvalue weighted by atomic mass is 16.6. The van der Waals surface area contributed by atoms with Gasteiger partial charge in [0.05, 0.1) is 5.92 Å². The second-order valence-electron chi connectivity index (χ2n) is 3.01. The minimum atomic E-state index is -0.258. The molecule has 2 aliphatic rings. The minimum Gasteiger partial charge on any atom is -0.462 e. The molecule has 2 bridgehead atoms. The number of esters is 1. The second-order valence-corrected chi connectivity index (χ2v) is 3.01. The van der Waals surface area contributed by atoms with E-state index >= 15 is 0 Å². The molecule has 0 aromatic carbocycles. The molecule has 0 spiro atoms. The molecular formula is C8H8O3. The summed E-state index contributed by atoms with van der Waals surface area (Å²) in [6, 6.07) is 0. The van der Waals surface area contributed by atoms with Crippen molar-refractivity contribution in [2.45, 2.75) is 25.4 Å². The summed E-state index contributed by atoms with van der Waals surface area (Å²) in [6.45, 7) is 0. The summed E-state index contributed by atoms with van der Waals surface area (Å²) < 4.78 is 4.98. The first-order chi connectivity index (χ1) is 5.31. The molecule has 2 atom stereocenters. The maximum Gasteiger partial charge on any atom is 0.314 e. The molecule has 11 heavy (non-hydrogen) atoms. The van der Waals surface area contributed by atoms with Crippen LogP contribution in [-0.4, -0.2) is 18.0 Å². The lowest BCUT2D eigenvalue weighted by molar-refractivity contribution is -0.142. The molecule has 2 rings (SSSR count). The molecule has 58 valence electrons. The summed E-state index contributed by atoms with van der Waals surface area (Å²) in [5, 5.41) is 0. The van der Waals surface area contributed by atoms with Gasteiger partial charge >= 0.3 is 5.97 Å². The first-order valence-corrected chi connectivity index (χ1v) is 3.75. The van der Waals surface area contributed by atoms with Gasteiger partial charge in [0.2, 0.25) is 0 Å². The van der Waals surface area contributed by atoms with Gasteiger partial charge in [0.15, 0.2) is 0 Å². The number of rotatable bonds is 0. The SMILES string of the molecule is O=C=C1CCC2CC1C(=O)O2. The predicted octanol–water partition coefficient (Wildman–Crippen LogP) is 0.470. The molecule has 1 saturated heterocycles. The smallest absolute Gasteiger partial charge is 0.314 e. The van der Waals surface area contributed by atoms with Gasteiger partial charge in [-0.25, -0.2) is 4.79 Å². The van der Waals surface area contributed by atoms with Crippen LogP contribution in [0.25, 0.3) is 0 Å². The van der Waals surface area contributed by atoms with Crippen LogP contribution in [0.2, 0.25) is 0 Å². The van der Waals surface area contributed by atoms with Crippen molar-refractivity contribution in [3.63, 3.8) is 0 Å². The third kappa shape index (κ3) is 0.889. The average Bonchev–Trinajstić information content (AvgIpc) is 2.30. The number of carbonyl (C=O) groups excluding carboxylic acids is 2. The Hall–Kier alpha value is -1.08. The number of ether oxygens (including phenoxy) is 1. The highest BCUT2D eigenvalue weighted by Crippen LogP contribution is 2.36. The topological polar surface area (TPSA) is 43.4 Å². The minimum absolute atomic E-state index is 0.0737. The van der Waals surface area contributed by atoms with E-state index in [2.05, 4.69) is 0 Å². The molecule has 0 aromatic heterocycles. The fourth-order valence-corrected chi connectivity index (χ4v) is 1.73. The maximum absolute atomic E-state index is 11.0. The Bertz CT molecular complexity index is 250. The van der Waals surface area contributed by atoms with Crippen LogP contribution in [-0.2, 0) is 14.3 Å². The van der Waals surface area contributed by atoms with Gasteiger partial charge in [-0.2, -0.15) is 0 Å². The lowest BCUT2D eigenvalue weighted by atomic mass is 9.86. The van der Waals surface area contributed by atoms with E-state index in [1.165, 1.54) is 0 Å². The van der Waals surface area contributed by atoms with E-state index in [1.54, 1.807) is 0 Å². The first-order valence-electron chi connectivity index (χ1n) is 3.75. The molecule has 0 aromatic rings. The molecule has 1 aliphatic heterocycles. The van der Waals surface area contributed by atoms with E-state index in [9.17, 15) is 9.59 Å². The van der Waals surface area contributed by atoms with E-state index < -0.39 is 0 Å². The van der Waals surface area contributed by atoms with Gasteiger partial charge in [-0.3, -0.25) is 4.79 Å². The number of hydrogen-bond acceptors (Lipinski definition) is 3. The van der Waals surface area contributed by atoms with E-state index in [4.69, 9.17) is 4.74 Å². The molecule has 2 fully saturated rings. The quantitative estimate of drug-likeness (QED) is 0.374. The normalized spacial score (nSPS) is 34.9. The molecule has 0 radical (unpaired) electrons. The van der Waals surface area contributed by atoms with Crippen LogP contribution in [0.4, 0.5) is 0 Å². The Kier molecular flexibility index (Phi) is 1.33. The van der Waals surface area contributed by atoms with Crippen LogP contribution in [0.1, 0.15) is 19.3 Å². The van der Waals surface area contributed by atoms with Gasteiger partial charge in [-0.05, 0) is 12.8 Å². The molecule has 1 saturated carbocycles. The van der Waals surface area contributed by atoms with Gasteiger partial charge in [-0.1, -0.05) is 0 Å². The lowest BCUT2D eigenvalue weighted by Gasteiger charge is -2.13. The largest absolute Gasteiger partial charge is 0.462 e. The monoisotopic (exact) mass is 152 g/mol. The zero-order valence-electron chi connectivity index (χ0n) is 6.00. The highest BCUT2D eigenvalue weighted by Gasteiger charge is 2.41. The van der Waals surface area contributed by atoms with Crippen molar-refractivity contribution in [1.29, 1.82) is 0 Å². The zero-order valence-corrected chi connectivity index (χ0v) is 6.00. The van der Waals surface area contributed by atoms with Crippen molar-refractivity contribution in [3.05, 3.63) is 5.57 Å². The van der Waals surface area contributed by atoms with Gasteiger partial charge in [0, 0.05) is 12.0 Å². The van der Waals surface area contributed by atoms with Crippen molar-refractivity contribution in [2.24, 2.45) is 5.92 Å². The predicted molar refractivity (Wildman–Crippen MR) is 36.4 cm³/mol. The maximum atomic E-state index is 11.0. The Morgan fingerprint density at radius 3 is 3.09 bits per heavy atom. The standard InChI is InChI=1S/C8H8O3/c9-4-5-1-2-6-3-7(5)8(10)11-6/h6-7H,1-3H2.